The fraction of sp³-hybridized carbons (Fsp3) is 1.00. The summed E-state index contributed by atoms with van der Waals surface area (Å²) in [4.78, 5) is 0. The number of likely N-dealkylation sites (N-methyl/N-ethyl adjacent to an activating group) is 1. The van der Waals surface area contributed by atoms with Crippen molar-refractivity contribution in [2.75, 3.05) is 33.8 Å². The van der Waals surface area contributed by atoms with Gasteiger partial charge in [0, 0.05) is 0 Å². The molecular formula is C10H24NO+. The third kappa shape index (κ3) is 6.62. The van der Waals surface area contributed by atoms with Crippen molar-refractivity contribution in [2.45, 2.75) is 33.3 Å². The molecule has 0 rings (SSSR count). The lowest BCUT2D eigenvalue weighted by molar-refractivity contribution is -0.890. The molecule has 0 saturated carbocycles. The average Bonchev–Trinajstić information content (AvgIpc) is 1.85. The van der Waals surface area contributed by atoms with Gasteiger partial charge in [-0.25, -0.2) is 0 Å². The Morgan fingerprint density at radius 1 is 1.17 bits per heavy atom. The largest absolute Gasteiger partial charge is 0.373 e. The van der Waals surface area contributed by atoms with Gasteiger partial charge in [0.2, 0.25) is 0 Å². The first-order chi connectivity index (χ1) is 5.48. The van der Waals surface area contributed by atoms with Crippen molar-refractivity contribution in [1.82, 2.24) is 0 Å². The van der Waals surface area contributed by atoms with Gasteiger partial charge in [0.25, 0.3) is 0 Å². The normalized spacial score (nSPS) is 12.5. The third-order valence-electron chi connectivity index (χ3n) is 1.98. The number of hydrogen-bond donors (Lipinski definition) is 0. The first-order valence-corrected chi connectivity index (χ1v) is 4.91. The fourth-order valence-electron chi connectivity index (χ4n) is 1.25. The van der Waals surface area contributed by atoms with Crippen molar-refractivity contribution in [2.24, 2.45) is 0 Å². The highest BCUT2D eigenvalue weighted by atomic mass is 16.5. The lowest BCUT2D eigenvalue weighted by atomic mass is 10.3. The fourth-order valence-corrected chi connectivity index (χ4v) is 1.25. The van der Waals surface area contributed by atoms with E-state index in [-0.39, 0.29) is 0 Å². The molecule has 0 fully saturated rings. The summed E-state index contributed by atoms with van der Waals surface area (Å²) < 4.78 is 6.58. The van der Waals surface area contributed by atoms with E-state index >= 15 is 0 Å². The summed E-state index contributed by atoms with van der Waals surface area (Å²) in [5.41, 5.74) is 0. The van der Waals surface area contributed by atoms with Gasteiger partial charge in [0.15, 0.2) is 0 Å². The van der Waals surface area contributed by atoms with E-state index in [4.69, 9.17) is 4.74 Å². The Labute approximate surface area is 77.1 Å². The summed E-state index contributed by atoms with van der Waals surface area (Å²) in [6, 6.07) is 0. The maximum Gasteiger partial charge on any atom is 0.102 e. The third-order valence-corrected chi connectivity index (χ3v) is 1.98. The van der Waals surface area contributed by atoms with E-state index in [1.54, 1.807) is 0 Å². The van der Waals surface area contributed by atoms with Gasteiger partial charge in [0.1, 0.15) is 6.54 Å². The van der Waals surface area contributed by atoms with E-state index < -0.39 is 0 Å². The molecule has 0 N–H and O–H groups in total. The zero-order valence-electron chi connectivity index (χ0n) is 9.26. The summed E-state index contributed by atoms with van der Waals surface area (Å²) in [6.07, 6.45) is 1.61. The van der Waals surface area contributed by atoms with Gasteiger partial charge in [-0.05, 0) is 20.3 Å². The van der Waals surface area contributed by atoms with Crippen LogP contribution in [-0.4, -0.2) is 44.4 Å². The van der Waals surface area contributed by atoms with Gasteiger partial charge in [0.05, 0.1) is 33.4 Å². The van der Waals surface area contributed by atoms with Gasteiger partial charge >= 0.3 is 0 Å². The molecule has 2 heteroatoms. The second kappa shape index (κ2) is 5.55. The Kier molecular flexibility index (Phi) is 5.51. The predicted octanol–water partition coefficient (Wildman–Crippen LogP) is 1.90. The number of quaternary nitrogens is 1. The van der Waals surface area contributed by atoms with Crippen molar-refractivity contribution in [1.29, 1.82) is 0 Å². The molecule has 0 aromatic carbocycles. The Morgan fingerprint density at radius 3 is 2.17 bits per heavy atom. The molecule has 0 aliphatic rings. The molecule has 0 atom stereocenters. The molecule has 0 amide bonds. The SMILES string of the molecule is CCC[N+](C)(C)CCOC(C)C. The van der Waals surface area contributed by atoms with Crippen LogP contribution >= 0.6 is 0 Å². The topological polar surface area (TPSA) is 9.23 Å². The van der Waals surface area contributed by atoms with E-state index in [1.165, 1.54) is 13.0 Å². The van der Waals surface area contributed by atoms with Gasteiger partial charge in [-0.2, -0.15) is 0 Å². The highest BCUT2D eigenvalue weighted by Gasteiger charge is 2.12. The van der Waals surface area contributed by atoms with E-state index in [2.05, 4.69) is 34.9 Å². The van der Waals surface area contributed by atoms with Crippen molar-refractivity contribution in [3.8, 4) is 0 Å². The number of ether oxygens (including phenoxy) is 1. The average molecular weight is 174 g/mol. The summed E-state index contributed by atoms with van der Waals surface area (Å²) in [5, 5.41) is 0. The molecule has 0 radical (unpaired) electrons. The molecule has 0 aliphatic carbocycles. The molecule has 0 spiro atoms. The molecule has 0 unspecified atom stereocenters. The molecule has 0 heterocycles. The van der Waals surface area contributed by atoms with Gasteiger partial charge in [-0.3, -0.25) is 0 Å². The smallest absolute Gasteiger partial charge is 0.102 e. The van der Waals surface area contributed by atoms with Crippen molar-refractivity contribution < 1.29 is 9.22 Å². The molecule has 0 aliphatic heterocycles. The maximum atomic E-state index is 5.51. The first-order valence-electron chi connectivity index (χ1n) is 4.91. The molecule has 2 nitrogen and oxygen atoms in total. The lowest BCUT2D eigenvalue weighted by Crippen LogP contribution is -2.43. The Hall–Kier alpha value is -0.0800. The van der Waals surface area contributed by atoms with Crippen LogP contribution < -0.4 is 0 Å². The Morgan fingerprint density at radius 2 is 1.75 bits per heavy atom. The summed E-state index contributed by atoms with van der Waals surface area (Å²) >= 11 is 0. The van der Waals surface area contributed by atoms with Crippen LogP contribution in [0.3, 0.4) is 0 Å². The summed E-state index contributed by atoms with van der Waals surface area (Å²) in [7, 11) is 4.51. The minimum Gasteiger partial charge on any atom is -0.373 e. The molecule has 0 aromatic rings. The molecule has 0 bridgehead atoms. The standard InChI is InChI=1S/C10H24NO/c1-6-7-11(4,5)8-9-12-10(2)3/h10H,6-9H2,1-5H3/q+1. The van der Waals surface area contributed by atoms with Crippen molar-refractivity contribution >= 4 is 0 Å². The number of hydrogen-bond acceptors (Lipinski definition) is 1. The lowest BCUT2D eigenvalue weighted by Gasteiger charge is -2.29. The predicted molar refractivity (Wildman–Crippen MR) is 53.2 cm³/mol. The molecule has 0 aromatic heterocycles. The number of rotatable bonds is 6. The highest BCUT2D eigenvalue weighted by Crippen LogP contribution is 1.99. The summed E-state index contributed by atoms with van der Waals surface area (Å²) in [5.74, 6) is 0. The van der Waals surface area contributed by atoms with Gasteiger partial charge < -0.3 is 9.22 Å². The minimum absolute atomic E-state index is 0.367. The minimum atomic E-state index is 0.367. The molecule has 0 saturated heterocycles. The van der Waals surface area contributed by atoms with Crippen LogP contribution in [-0.2, 0) is 4.74 Å². The summed E-state index contributed by atoms with van der Waals surface area (Å²) in [6.45, 7) is 9.63. The van der Waals surface area contributed by atoms with Crippen molar-refractivity contribution in [3.05, 3.63) is 0 Å². The van der Waals surface area contributed by atoms with Crippen LogP contribution in [0.2, 0.25) is 0 Å². The Balaban J connectivity index is 3.46. The van der Waals surface area contributed by atoms with Crippen LogP contribution in [0.25, 0.3) is 0 Å². The van der Waals surface area contributed by atoms with Crippen molar-refractivity contribution in [3.63, 3.8) is 0 Å². The second-order valence-electron chi connectivity index (χ2n) is 4.30. The molecule has 74 valence electrons. The van der Waals surface area contributed by atoms with Crippen LogP contribution in [0, 0.1) is 0 Å². The highest BCUT2D eigenvalue weighted by molar-refractivity contribution is 4.38. The van der Waals surface area contributed by atoms with E-state index in [0.29, 0.717) is 6.10 Å². The van der Waals surface area contributed by atoms with Crippen LogP contribution in [0.5, 0.6) is 0 Å². The molecule has 12 heavy (non-hydrogen) atoms. The quantitative estimate of drug-likeness (QED) is 0.559. The van der Waals surface area contributed by atoms with Crippen LogP contribution in [0.1, 0.15) is 27.2 Å². The van der Waals surface area contributed by atoms with Gasteiger partial charge in [-0.1, -0.05) is 6.92 Å². The van der Waals surface area contributed by atoms with E-state index in [1.807, 2.05) is 0 Å². The number of nitrogens with zero attached hydrogens (tertiary/aromatic N) is 1. The zero-order valence-corrected chi connectivity index (χ0v) is 9.26. The van der Waals surface area contributed by atoms with Crippen LogP contribution in [0.4, 0.5) is 0 Å². The second-order valence-corrected chi connectivity index (χ2v) is 4.30. The monoisotopic (exact) mass is 174 g/mol. The maximum absolute atomic E-state index is 5.51. The Bertz CT molecular complexity index is 110. The molecular weight excluding hydrogens is 150 g/mol. The van der Waals surface area contributed by atoms with Crippen LogP contribution in [0.15, 0.2) is 0 Å². The van der Waals surface area contributed by atoms with E-state index in [9.17, 15) is 0 Å². The van der Waals surface area contributed by atoms with Gasteiger partial charge in [-0.15, -0.1) is 0 Å². The first kappa shape index (κ1) is 11.9. The zero-order chi connectivity index (χ0) is 9.61. The van der Waals surface area contributed by atoms with E-state index in [0.717, 1.165) is 17.6 Å².